The fraction of sp³-hybridized carbons (Fsp3) is 0.0769. The first-order valence-electron chi connectivity index (χ1n) is 5.13. The van der Waals surface area contributed by atoms with Gasteiger partial charge >= 0.3 is 0 Å². The summed E-state index contributed by atoms with van der Waals surface area (Å²) in [5, 5.41) is 1.10. The van der Waals surface area contributed by atoms with Crippen LogP contribution in [0.15, 0.2) is 53.5 Å². The number of ether oxygens (including phenoxy) is 1. The van der Waals surface area contributed by atoms with Gasteiger partial charge < -0.3 is 14.1 Å². The molecule has 0 saturated carbocycles. The van der Waals surface area contributed by atoms with Crippen LogP contribution in [-0.4, -0.2) is 4.98 Å². The lowest BCUT2D eigenvalue weighted by atomic mass is 10.2. The Morgan fingerprint density at radius 1 is 1.19 bits per heavy atom. The second kappa shape index (κ2) is 3.77. The Labute approximate surface area is 92.7 Å². The summed E-state index contributed by atoms with van der Waals surface area (Å²) in [6, 6.07) is 9.89. The molecule has 3 nitrogen and oxygen atoms in total. The number of aromatic amines is 1. The molecule has 0 aliphatic carbocycles. The molecule has 2 aromatic heterocycles. The quantitative estimate of drug-likeness (QED) is 0.724. The van der Waals surface area contributed by atoms with E-state index >= 15 is 0 Å². The molecule has 2 heterocycles. The van der Waals surface area contributed by atoms with E-state index in [0.717, 1.165) is 22.2 Å². The minimum Gasteiger partial charge on any atom is -0.488 e. The van der Waals surface area contributed by atoms with E-state index in [1.165, 1.54) is 0 Å². The Kier molecular flexibility index (Phi) is 2.14. The SMILES string of the molecule is c1cc(OCc2ccoc2)c2cc[nH]c2c1. The van der Waals surface area contributed by atoms with Crippen LogP contribution < -0.4 is 4.74 Å². The van der Waals surface area contributed by atoms with Crippen molar-refractivity contribution >= 4 is 10.9 Å². The number of H-pyrrole nitrogens is 1. The fourth-order valence-electron chi connectivity index (χ4n) is 1.72. The number of benzene rings is 1. The third-order valence-corrected chi connectivity index (χ3v) is 2.53. The van der Waals surface area contributed by atoms with E-state index in [4.69, 9.17) is 9.15 Å². The Hall–Kier alpha value is -2.16. The van der Waals surface area contributed by atoms with Crippen LogP contribution in [0.4, 0.5) is 0 Å². The number of fused-ring (bicyclic) bond motifs is 1. The normalized spacial score (nSPS) is 10.8. The highest BCUT2D eigenvalue weighted by molar-refractivity contribution is 5.85. The molecule has 16 heavy (non-hydrogen) atoms. The van der Waals surface area contributed by atoms with E-state index in [0.29, 0.717) is 6.61 Å². The number of furan rings is 1. The highest BCUT2D eigenvalue weighted by Crippen LogP contribution is 2.25. The summed E-state index contributed by atoms with van der Waals surface area (Å²) in [6.45, 7) is 0.529. The molecule has 3 aromatic rings. The van der Waals surface area contributed by atoms with Crippen LogP contribution >= 0.6 is 0 Å². The van der Waals surface area contributed by atoms with Gasteiger partial charge in [-0.2, -0.15) is 0 Å². The second-order valence-corrected chi connectivity index (χ2v) is 3.62. The first-order valence-corrected chi connectivity index (χ1v) is 5.13. The molecule has 0 atom stereocenters. The van der Waals surface area contributed by atoms with Gasteiger partial charge in [0.25, 0.3) is 0 Å². The van der Waals surface area contributed by atoms with E-state index < -0.39 is 0 Å². The van der Waals surface area contributed by atoms with Gasteiger partial charge in [0.15, 0.2) is 0 Å². The van der Waals surface area contributed by atoms with Gasteiger partial charge in [0.2, 0.25) is 0 Å². The number of hydrogen-bond donors (Lipinski definition) is 1. The molecule has 0 saturated heterocycles. The summed E-state index contributed by atoms with van der Waals surface area (Å²) in [5.74, 6) is 0.889. The number of hydrogen-bond acceptors (Lipinski definition) is 2. The molecule has 3 heteroatoms. The van der Waals surface area contributed by atoms with Crippen LogP contribution in [0.2, 0.25) is 0 Å². The number of aromatic nitrogens is 1. The van der Waals surface area contributed by atoms with Crippen LogP contribution in [-0.2, 0) is 6.61 Å². The minimum absolute atomic E-state index is 0.529. The molecular weight excluding hydrogens is 202 g/mol. The molecule has 3 rings (SSSR count). The highest BCUT2D eigenvalue weighted by Gasteiger charge is 2.03. The van der Waals surface area contributed by atoms with E-state index in [2.05, 4.69) is 4.98 Å². The second-order valence-electron chi connectivity index (χ2n) is 3.62. The largest absolute Gasteiger partial charge is 0.488 e. The van der Waals surface area contributed by atoms with Crippen LogP contribution in [0, 0.1) is 0 Å². The van der Waals surface area contributed by atoms with Gasteiger partial charge in [0, 0.05) is 22.7 Å². The van der Waals surface area contributed by atoms with Crippen molar-refractivity contribution in [3.8, 4) is 5.75 Å². The molecule has 0 unspecified atom stereocenters. The summed E-state index contributed by atoms with van der Waals surface area (Å²) in [7, 11) is 0. The summed E-state index contributed by atoms with van der Waals surface area (Å²) in [6.07, 6.45) is 5.25. The van der Waals surface area contributed by atoms with Gasteiger partial charge in [-0.3, -0.25) is 0 Å². The smallest absolute Gasteiger partial charge is 0.129 e. The monoisotopic (exact) mass is 213 g/mol. The van der Waals surface area contributed by atoms with Crippen molar-refractivity contribution in [2.45, 2.75) is 6.61 Å². The third kappa shape index (κ3) is 1.56. The summed E-state index contributed by atoms with van der Waals surface area (Å²) < 4.78 is 10.7. The van der Waals surface area contributed by atoms with Gasteiger partial charge in [0.05, 0.1) is 12.5 Å². The van der Waals surface area contributed by atoms with Crippen LogP contribution in [0.3, 0.4) is 0 Å². The molecule has 0 aliphatic rings. The maximum absolute atomic E-state index is 5.74. The van der Waals surface area contributed by atoms with Crippen molar-refractivity contribution < 1.29 is 9.15 Å². The predicted molar refractivity (Wildman–Crippen MR) is 61.3 cm³/mol. The molecule has 1 aromatic carbocycles. The van der Waals surface area contributed by atoms with Crippen LogP contribution in [0.25, 0.3) is 10.9 Å². The molecule has 0 spiro atoms. The third-order valence-electron chi connectivity index (χ3n) is 2.53. The van der Waals surface area contributed by atoms with E-state index in [1.54, 1.807) is 12.5 Å². The predicted octanol–water partition coefficient (Wildman–Crippen LogP) is 3.34. The Morgan fingerprint density at radius 2 is 2.19 bits per heavy atom. The van der Waals surface area contributed by atoms with Gasteiger partial charge in [-0.25, -0.2) is 0 Å². The zero-order valence-electron chi connectivity index (χ0n) is 8.64. The average Bonchev–Trinajstić information content (AvgIpc) is 2.97. The van der Waals surface area contributed by atoms with E-state index in [-0.39, 0.29) is 0 Å². The minimum atomic E-state index is 0.529. The van der Waals surface area contributed by atoms with Gasteiger partial charge in [-0.15, -0.1) is 0 Å². The zero-order chi connectivity index (χ0) is 10.8. The Balaban J connectivity index is 1.86. The Morgan fingerprint density at radius 3 is 3.06 bits per heavy atom. The van der Waals surface area contributed by atoms with E-state index in [9.17, 15) is 0 Å². The number of rotatable bonds is 3. The lowest BCUT2D eigenvalue weighted by Crippen LogP contribution is -1.93. The Bertz CT molecular complexity index is 581. The lowest BCUT2D eigenvalue weighted by Gasteiger charge is -2.05. The lowest BCUT2D eigenvalue weighted by molar-refractivity contribution is 0.308. The van der Waals surface area contributed by atoms with Crippen molar-refractivity contribution in [3.05, 3.63) is 54.6 Å². The molecule has 0 bridgehead atoms. The van der Waals surface area contributed by atoms with Gasteiger partial charge in [0.1, 0.15) is 12.4 Å². The van der Waals surface area contributed by atoms with Crippen LogP contribution in [0.5, 0.6) is 5.75 Å². The zero-order valence-corrected chi connectivity index (χ0v) is 8.64. The molecule has 0 amide bonds. The van der Waals surface area contributed by atoms with Crippen molar-refractivity contribution in [1.82, 2.24) is 4.98 Å². The fourth-order valence-corrected chi connectivity index (χ4v) is 1.72. The molecular formula is C13H11NO2. The van der Waals surface area contributed by atoms with Gasteiger partial charge in [-0.05, 0) is 24.3 Å². The maximum atomic E-state index is 5.74. The molecule has 0 aliphatic heterocycles. The van der Waals surface area contributed by atoms with Crippen molar-refractivity contribution in [1.29, 1.82) is 0 Å². The first-order chi connectivity index (χ1) is 7.93. The summed E-state index contributed by atoms with van der Waals surface area (Å²) in [4.78, 5) is 3.15. The molecule has 80 valence electrons. The molecule has 0 radical (unpaired) electrons. The summed E-state index contributed by atoms with van der Waals surface area (Å²) in [5.41, 5.74) is 2.12. The van der Waals surface area contributed by atoms with E-state index in [1.807, 2.05) is 36.5 Å². The van der Waals surface area contributed by atoms with Crippen LogP contribution in [0.1, 0.15) is 5.56 Å². The van der Waals surface area contributed by atoms with Crippen molar-refractivity contribution in [3.63, 3.8) is 0 Å². The summed E-state index contributed by atoms with van der Waals surface area (Å²) >= 11 is 0. The highest BCUT2D eigenvalue weighted by atomic mass is 16.5. The maximum Gasteiger partial charge on any atom is 0.129 e. The van der Waals surface area contributed by atoms with Gasteiger partial charge in [-0.1, -0.05) is 6.07 Å². The first kappa shape index (κ1) is 9.09. The number of nitrogens with one attached hydrogen (secondary N) is 1. The van der Waals surface area contributed by atoms with Crippen molar-refractivity contribution in [2.24, 2.45) is 0 Å². The standard InChI is InChI=1S/C13H11NO2/c1-2-12-11(4-6-14-12)13(3-1)16-9-10-5-7-15-8-10/h1-8,14H,9H2. The molecule has 0 fully saturated rings. The topological polar surface area (TPSA) is 38.2 Å². The van der Waals surface area contributed by atoms with Crippen molar-refractivity contribution in [2.75, 3.05) is 0 Å². The average molecular weight is 213 g/mol. The molecule has 1 N–H and O–H groups in total.